The largest absolute Gasteiger partial charge is 0.337 e. The lowest BCUT2D eigenvalue weighted by Crippen LogP contribution is -2.14. The van der Waals surface area contributed by atoms with Crippen LogP contribution >= 0.6 is 0 Å². The van der Waals surface area contributed by atoms with E-state index < -0.39 is 0 Å². The lowest BCUT2D eigenvalue weighted by atomic mass is 10.0. The molecule has 2 aromatic carbocycles. The van der Waals surface area contributed by atoms with Crippen LogP contribution in [0.5, 0.6) is 0 Å². The van der Waals surface area contributed by atoms with Crippen LogP contribution < -0.4 is 5.32 Å². The second-order valence-corrected chi connectivity index (χ2v) is 6.65. The first-order valence-corrected chi connectivity index (χ1v) is 9.12. The molecule has 1 amide bonds. The Hall–Kier alpha value is -3.80. The molecule has 0 spiro atoms. The summed E-state index contributed by atoms with van der Waals surface area (Å²) in [5.74, 6) is -0.349. The van der Waals surface area contributed by atoms with Crippen molar-refractivity contribution in [2.75, 3.05) is 5.32 Å². The van der Waals surface area contributed by atoms with Crippen molar-refractivity contribution in [3.8, 4) is 22.4 Å². The van der Waals surface area contributed by atoms with E-state index in [1.54, 1.807) is 43.6 Å². The number of nitrogens with one attached hydrogen (secondary N) is 1. The SMILES string of the molecule is Cc1ccc(-c2noc(NC(=O)Cc3ccccc3)c2-c2ccncc2)cc1F. The van der Waals surface area contributed by atoms with Gasteiger partial charge in [-0.3, -0.25) is 15.1 Å². The van der Waals surface area contributed by atoms with Gasteiger partial charge in [0.25, 0.3) is 0 Å². The van der Waals surface area contributed by atoms with Gasteiger partial charge in [-0.05, 0) is 41.8 Å². The average molecular weight is 387 g/mol. The number of amides is 1. The lowest BCUT2D eigenvalue weighted by molar-refractivity contribution is -0.115. The smallest absolute Gasteiger partial charge is 0.239 e. The fraction of sp³-hybridized carbons (Fsp3) is 0.0870. The third-order valence-corrected chi connectivity index (χ3v) is 4.57. The van der Waals surface area contributed by atoms with Crippen LogP contribution in [0, 0.1) is 12.7 Å². The molecule has 0 saturated heterocycles. The van der Waals surface area contributed by atoms with E-state index in [1.165, 1.54) is 6.07 Å². The minimum absolute atomic E-state index is 0.200. The molecule has 4 aromatic rings. The number of rotatable bonds is 5. The minimum atomic E-state index is -0.333. The summed E-state index contributed by atoms with van der Waals surface area (Å²) in [5, 5.41) is 6.91. The molecule has 5 nitrogen and oxygen atoms in total. The van der Waals surface area contributed by atoms with Crippen LogP contribution in [0.25, 0.3) is 22.4 Å². The zero-order valence-electron chi connectivity index (χ0n) is 15.7. The fourth-order valence-corrected chi connectivity index (χ4v) is 3.05. The monoisotopic (exact) mass is 387 g/mol. The third-order valence-electron chi connectivity index (χ3n) is 4.57. The van der Waals surface area contributed by atoms with Crippen LogP contribution in [0.15, 0.2) is 77.6 Å². The fourth-order valence-electron chi connectivity index (χ4n) is 3.05. The predicted molar refractivity (Wildman–Crippen MR) is 109 cm³/mol. The maximum atomic E-state index is 14.1. The summed E-state index contributed by atoms with van der Waals surface area (Å²) in [6.45, 7) is 1.70. The van der Waals surface area contributed by atoms with E-state index >= 15 is 0 Å². The molecule has 0 unspecified atom stereocenters. The molecule has 0 aliphatic rings. The number of benzene rings is 2. The standard InChI is InChI=1S/C23H18FN3O2/c1-15-7-8-18(14-19(15)24)22-21(17-9-11-25-12-10-17)23(29-27-22)26-20(28)13-16-5-3-2-4-6-16/h2-12,14H,13H2,1H3,(H,26,28). The minimum Gasteiger partial charge on any atom is -0.337 e. The van der Waals surface area contributed by atoms with Crippen molar-refractivity contribution in [3.05, 3.63) is 90.0 Å². The van der Waals surface area contributed by atoms with Crippen molar-refractivity contribution in [3.63, 3.8) is 0 Å². The van der Waals surface area contributed by atoms with Crippen molar-refractivity contribution in [2.24, 2.45) is 0 Å². The Morgan fingerprint density at radius 3 is 2.52 bits per heavy atom. The Kier molecular flexibility index (Phi) is 5.16. The second-order valence-electron chi connectivity index (χ2n) is 6.65. The normalized spacial score (nSPS) is 10.7. The average Bonchev–Trinajstić information content (AvgIpc) is 3.14. The number of carbonyl (C=O) groups excluding carboxylic acids is 1. The molecule has 29 heavy (non-hydrogen) atoms. The number of aryl methyl sites for hydroxylation is 1. The summed E-state index contributed by atoms with van der Waals surface area (Å²) in [7, 11) is 0. The van der Waals surface area contributed by atoms with Gasteiger partial charge in [-0.25, -0.2) is 4.39 Å². The van der Waals surface area contributed by atoms with Gasteiger partial charge in [0.05, 0.1) is 12.0 Å². The summed E-state index contributed by atoms with van der Waals surface area (Å²) >= 11 is 0. The molecule has 0 atom stereocenters. The first kappa shape index (κ1) is 18.6. The van der Waals surface area contributed by atoms with E-state index in [0.717, 1.165) is 11.1 Å². The maximum Gasteiger partial charge on any atom is 0.239 e. The zero-order valence-corrected chi connectivity index (χ0v) is 15.7. The van der Waals surface area contributed by atoms with Gasteiger partial charge in [-0.1, -0.05) is 47.6 Å². The summed E-state index contributed by atoms with van der Waals surface area (Å²) in [6, 6.07) is 17.8. The van der Waals surface area contributed by atoms with E-state index in [2.05, 4.69) is 15.5 Å². The Bertz CT molecular complexity index is 1140. The summed E-state index contributed by atoms with van der Waals surface area (Å²) in [5.41, 5.74) is 3.77. The first-order chi connectivity index (χ1) is 14.1. The highest BCUT2D eigenvalue weighted by molar-refractivity contribution is 5.97. The highest BCUT2D eigenvalue weighted by Gasteiger charge is 2.21. The van der Waals surface area contributed by atoms with Gasteiger partial charge in [-0.2, -0.15) is 0 Å². The number of pyridine rings is 1. The van der Waals surface area contributed by atoms with Gasteiger partial charge in [0.1, 0.15) is 11.5 Å². The van der Waals surface area contributed by atoms with Crippen LogP contribution in [0.1, 0.15) is 11.1 Å². The van der Waals surface area contributed by atoms with Gasteiger partial charge >= 0.3 is 0 Å². The van der Waals surface area contributed by atoms with E-state index in [9.17, 15) is 9.18 Å². The van der Waals surface area contributed by atoms with Crippen LogP contribution in [0.3, 0.4) is 0 Å². The van der Waals surface area contributed by atoms with Crippen molar-refractivity contribution < 1.29 is 13.7 Å². The Morgan fingerprint density at radius 1 is 1.03 bits per heavy atom. The molecular weight excluding hydrogens is 369 g/mol. The van der Waals surface area contributed by atoms with Gasteiger partial charge in [0.15, 0.2) is 0 Å². The van der Waals surface area contributed by atoms with Gasteiger partial charge < -0.3 is 4.52 Å². The molecule has 6 heteroatoms. The Balaban J connectivity index is 1.71. The Morgan fingerprint density at radius 2 is 1.79 bits per heavy atom. The third kappa shape index (κ3) is 4.06. The summed E-state index contributed by atoms with van der Waals surface area (Å²) in [6.07, 6.45) is 3.47. The number of hydrogen-bond acceptors (Lipinski definition) is 4. The second kappa shape index (κ2) is 8.06. The molecule has 0 bridgehead atoms. The molecule has 0 aliphatic carbocycles. The van der Waals surface area contributed by atoms with E-state index in [-0.39, 0.29) is 24.0 Å². The summed E-state index contributed by atoms with van der Waals surface area (Å²) < 4.78 is 19.6. The molecule has 144 valence electrons. The number of hydrogen-bond donors (Lipinski definition) is 1. The molecule has 2 aromatic heterocycles. The Labute approximate surface area is 167 Å². The molecular formula is C23H18FN3O2. The molecule has 0 radical (unpaired) electrons. The van der Waals surface area contributed by atoms with Crippen molar-refractivity contribution in [1.82, 2.24) is 10.1 Å². The summed E-state index contributed by atoms with van der Waals surface area (Å²) in [4.78, 5) is 16.6. The highest BCUT2D eigenvalue weighted by Crippen LogP contribution is 2.38. The van der Waals surface area contributed by atoms with Gasteiger partial charge in [0, 0.05) is 18.0 Å². The van der Waals surface area contributed by atoms with Crippen LogP contribution in [0.4, 0.5) is 10.3 Å². The number of halogens is 1. The molecule has 1 N–H and O–H groups in total. The van der Waals surface area contributed by atoms with Gasteiger partial charge in [0.2, 0.25) is 11.8 Å². The van der Waals surface area contributed by atoms with Crippen LogP contribution in [0.2, 0.25) is 0 Å². The molecule has 2 heterocycles. The van der Waals surface area contributed by atoms with E-state index in [1.807, 2.05) is 30.3 Å². The van der Waals surface area contributed by atoms with Crippen molar-refractivity contribution in [1.29, 1.82) is 0 Å². The van der Waals surface area contributed by atoms with Crippen molar-refractivity contribution in [2.45, 2.75) is 13.3 Å². The number of carbonyl (C=O) groups is 1. The topological polar surface area (TPSA) is 68.0 Å². The maximum absolute atomic E-state index is 14.1. The quantitative estimate of drug-likeness (QED) is 0.521. The molecule has 0 aliphatic heterocycles. The molecule has 0 saturated carbocycles. The van der Waals surface area contributed by atoms with Gasteiger partial charge in [-0.15, -0.1) is 0 Å². The number of nitrogens with zero attached hydrogens (tertiary/aromatic N) is 2. The van der Waals surface area contributed by atoms with Crippen LogP contribution in [-0.2, 0) is 11.2 Å². The van der Waals surface area contributed by atoms with E-state index in [0.29, 0.717) is 22.4 Å². The molecule has 4 rings (SSSR count). The highest BCUT2D eigenvalue weighted by atomic mass is 19.1. The van der Waals surface area contributed by atoms with E-state index in [4.69, 9.17) is 4.52 Å². The number of aromatic nitrogens is 2. The number of anilines is 1. The van der Waals surface area contributed by atoms with Crippen LogP contribution in [-0.4, -0.2) is 16.0 Å². The predicted octanol–water partition coefficient (Wildman–Crippen LogP) is 5.03. The van der Waals surface area contributed by atoms with Crippen molar-refractivity contribution >= 4 is 11.8 Å². The molecule has 0 fully saturated rings. The zero-order chi connectivity index (χ0) is 20.2. The lowest BCUT2D eigenvalue weighted by Gasteiger charge is -2.07. The first-order valence-electron chi connectivity index (χ1n) is 9.12.